The zero-order valence-corrected chi connectivity index (χ0v) is 10.9. The highest BCUT2D eigenvalue weighted by atomic mass is 79.9. The predicted octanol–water partition coefficient (Wildman–Crippen LogP) is 0.976. The fourth-order valence-electron chi connectivity index (χ4n) is 2.01. The first-order valence-corrected chi connectivity index (χ1v) is 6.44. The largest absolute Gasteiger partial charge is 0.545 e. The fraction of sp³-hybridized carbons (Fsp3) is 0.417. The zero-order valence-electron chi connectivity index (χ0n) is 9.33. The van der Waals surface area contributed by atoms with E-state index in [0.29, 0.717) is 5.69 Å². The molecule has 0 amide bonds. The minimum Gasteiger partial charge on any atom is -0.545 e. The van der Waals surface area contributed by atoms with Crippen LogP contribution in [0.3, 0.4) is 0 Å². The second-order valence-electron chi connectivity index (χ2n) is 4.16. The van der Waals surface area contributed by atoms with Crippen LogP contribution in [0.25, 0.3) is 0 Å². The van der Waals surface area contributed by atoms with Gasteiger partial charge in [-0.25, -0.2) is 0 Å². The maximum atomic E-state index is 11.0. The van der Waals surface area contributed by atoms with Crippen molar-refractivity contribution in [3.05, 3.63) is 28.2 Å². The number of hydrogen-bond acceptors (Lipinski definition) is 4. The van der Waals surface area contributed by atoms with Crippen LogP contribution >= 0.6 is 15.9 Å². The van der Waals surface area contributed by atoms with Crippen molar-refractivity contribution in [1.82, 2.24) is 5.32 Å². The topological polar surface area (TPSA) is 64.2 Å². The molecule has 1 heterocycles. The molecule has 1 aromatic carbocycles. The molecule has 92 valence electrons. The van der Waals surface area contributed by atoms with Crippen molar-refractivity contribution in [3.8, 4) is 0 Å². The number of carbonyl (C=O) groups is 1. The molecule has 1 aliphatic rings. The molecule has 0 saturated carbocycles. The molecule has 0 bridgehead atoms. The van der Waals surface area contributed by atoms with Crippen LogP contribution in [-0.2, 0) is 0 Å². The smallest absolute Gasteiger partial charge is 0.0736 e. The minimum absolute atomic E-state index is 0.199. The summed E-state index contributed by atoms with van der Waals surface area (Å²) in [6, 6.07) is 5.44. The lowest BCUT2D eigenvalue weighted by Gasteiger charge is -2.26. The Balaban J connectivity index is 2.16. The normalized spacial score (nSPS) is 19.9. The Morgan fingerprint density at radius 2 is 2.35 bits per heavy atom. The molecule has 17 heavy (non-hydrogen) atoms. The average molecular weight is 298 g/mol. The molecule has 1 atom stereocenters. The van der Waals surface area contributed by atoms with Gasteiger partial charge in [0.1, 0.15) is 0 Å². The Morgan fingerprint density at radius 3 is 3.00 bits per heavy atom. The van der Waals surface area contributed by atoms with Crippen LogP contribution < -0.4 is 15.7 Å². The van der Waals surface area contributed by atoms with Crippen molar-refractivity contribution in [2.45, 2.75) is 18.9 Å². The van der Waals surface area contributed by atoms with Crippen molar-refractivity contribution in [3.63, 3.8) is 0 Å². The summed E-state index contributed by atoms with van der Waals surface area (Å²) in [6.45, 7) is 1.90. The third kappa shape index (κ3) is 3.20. The van der Waals surface area contributed by atoms with Crippen LogP contribution in [0.4, 0.5) is 5.69 Å². The van der Waals surface area contributed by atoms with E-state index in [0.717, 1.165) is 30.4 Å². The van der Waals surface area contributed by atoms with Crippen LogP contribution in [0, 0.1) is 0 Å². The van der Waals surface area contributed by atoms with Crippen LogP contribution in [0.15, 0.2) is 22.7 Å². The molecular formula is C12H14BrN2O2-. The van der Waals surface area contributed by atoms with Gasteiger partial charge in [0.25, 0.3) is 0 Å². The third-order valence-electron chi connectivity index (χ3n) is 2.86. The molecule has 5 heteroatoms. The Morgan fingerprint density at radius 1 is 1.53 bits per heavy atom. The van der Waals surface area contributed by atoms with Gasteiger partial charge in [0, 0.05) is 28.3 Å². The number of carboxylic acids is 1. The summed E-state index contributed by atoms with van der Waals surface area (Å²) in [5.74, 6) is -1.16. The summed E-state index contributed by atoms with van der Waals surface area (Å²) in [5, 5.41) is 17.6. The van der Waals surface area contributed by atoms with E-state index in [-0.39, 0.29) is 11.6 Å². The number of rotatable bonds is 3. The van der Waals surface area contributed by atoms with Gasteiger partial charge < -0.3 is 20.5 Å². The first-order chi connectivity index (χ1) is 8.16. The maximum Gasteiger partial charge on any atom is 0.0736 e. The van der Waals surface area contributed by atoms with E-state index in [2.05, 4.69) is 26.6 Å². The molecule has 0 unspecified atom stereocenters. The molecule has 0 radical (unpaired) electrons. The summed E-state index contributed by atoms with van der Waals surface area (Å²) in [4.78, 5) is 11.0. The summed E-state index contributed by atoms with van der Waals surface area (Å²) < 4.78 is 0.740. The maximum absolute atomic E-state index is 11.0. The van der Waals surface area contributed by atoms with Crippen LogP contribution in [0.2, 0.25) is 0 Å². The molecule has 4 nitrogen and oxygen atoms in total. The van der Waals surface area contributed by atoms with Crippen LogP contribution in [-0.4, -0.2) is 25.1 Å². The Labute approximate surface area is 109 Å². The molecule has 0 spiro atoms. The van der Waals surface area contributed by atoms with Crippen LogP contribution in [0.1, 0.15) is 23.2 Å². The van der Waals surface area contributed by atoms with E-state index in [4.69, 9.17) is 0 Å². The lowest BCUT2D eigenvalue weighted by atomic mass is 10.1. The number of piperidine rings is 1. The van der Waals surface area contributed by atoms with Gasteiger partial charge in [0.05, 0.1) is 5.97 Å². The van der Waals surface area contributed by atoms with E-state index < -0.39 is 5.97 Å². The highest BCUT2D eigenvalue weighted by molar-refractivity contribution is 9.10. The van der Waals surface area contributed by atoms with Gasteiger partial charge in [0.2, 0.25) is 0 Å². The molecule has 1 aromatic rings. The Hall–Kier alpha value is -1.07. The molecule has 1 aliphatic heterocycles. The van der Waals surface area contributed by atoms with Crippen molar-refractivity contribution < 1.29 is 9.90 Å². The second kappa shape index (κ2) is 5.51. The molecule has 1 fully saturated rings. The molecular weight excluding hydrogens is 284 g/mol. The molecule has 2 rings (SSSR count). The van der Waals surface area contributed by atoms with E-state index in [1.807, 2.05) is 6.07 Å². The lowest BCUT2D eigenvalue weighted by Crippen LogP contribution is -2.39. The molecule has 0 aliphatic carbocycles. The minimum atomic E-state index is -1.16. The van der Waals surface area contributed by atoms with Gasteiger partial charge in [-0.2, -0.15) is 0 Å². The highest BCUT2D eigenvalue weighted by Gasteiger charge is 2.14. The quantitative estimate of drug-likeness (QED) is 0.873. The molecule has 1 saturated heterocycles. The van der Waals surface area contributed by atoms with E-state index in [1.54, 1.807) is 12.1 Å². The number of carbonyl (C=O) groups excluding carboxylic acids is 1. The molecule has 2 N–H and O–H groups in total. The Kier molecular flexibility index (Phi) is 4.02. The summed E-state index contributed by atoms with van der Waals surface area (Å²) in [7, 11) is 0. The predicted molar refractivity (Wildman–Crippen MR) is 68.0 cm³/mol. The SMILES string of the molecule is O=C([O-])c1cc(Br)ccc1N[C@H]1CCCNC1. The first-order valence-electron chi connectivity index (χ1n) is 5.65. The van der Waals surface area contributed by atoms with E-state index in [9.17, 15) is 9.90 Å². The average Bonchev–Trinajstić information content (AvgIpc) is 2.32. The van der Waals surface area contributed by atoms with Crippen molar-refractivity contribution >= 4 is 27.6 Å². The number of aromatic carboxylic acids is 1. The Bertz CT molecular complexity index is 417. The monoisotopic (exact) mass is 297 g/mol. The summed E-state index contributed by atoms with van der Waals surface area (Å²) in [5.41, 5.74) is 0.826. The summed E-state index contributed by atoms with van der Waals surface area (Å²) >= 11 is 3.26. The number of anilines is 1. The number of nitrogens with one attached hydrogen (secondary N) is 2. The second-order valence-corrected chi connectivity index (χ2v) is 5.08. The number of halogens is 1. The van der Waals surface area contributed by atoms with Crippen molar-refractivity contribution in [1.29, 1.82) is 0 Å². The standard InChI is InChI=1S/C12H15BrN2O2/c13-8-3-4-11(10(6-8)12(16)17)15-9-2-1-5-14-7-9/h3-4,6,9,14-15H,1-2,5,7H2,(H,16,17)/p-1/t9-/m0/s1. The van der Waals surface area contributed by atoms with Gasteiger partial charge in [-0.3, -0.25) is 0 Å². The van der Waals surface area contributed by atoms with Gasteiger partial charge in [0.15, 0.2) is 0 Å². The van der Waals surface area contributed by atoms with Crippen molar-refractivity contribution in [2.24, 2.45) is 0 Å². The number of benzene rings is 1. The van der Waals surface area contributed by atoms with Crippen LogP contribution in [0.5, 0.6) is 0 Å². The third-order valence-corrected chi connectivity index (χ3v) is 3.35. The lowest BCUT2D eigenvalue weighted by molar-refractivity contribution is -0.254. The fourth-order valence-corrected chi connectivity index (χ4v) is 2.37. The van der Waals surface area contributed by atoms with Gasteiger partial charge in [-0.1, -0.05) is 15.9 Å². The van der Waals surface area contributed by atoms with E-state index >= 15 is 0 Å². The molecule has 0 aromatic heterocycles. The van der Waals surface area contributed by atoms with Gasteiger partial charge in [-0.15, -0.1) is 0 Å². The summed E-state index contributed by atoms with van der Waals surface area (Å²) in [6.07, 6.45) is 2.16. The zero-order chi connectivity index (χ0) is 12.3. The first kappa shape index (κ1) is 12.4. The van der Waals surface area contributed by atoms with Crippen molar-refractivity contribution in [2.75, 3.05) is 18.4 Å². The van der Waals surface area contributed by atoms with Gasteiger partial charge >= 0.3 is 0 Å². The number of hydrogen-bond donors (Lipinski definition) is 2. The number of carboxylic acid groups (broad SMARTS) is 1. The highest BCUT2D eigenvalue weighted by Crippen LogP contribution is 2.22. The van der Waals surface area contributed by atoms with E-state index in [1.165, 1.54) is 0 Å². The van der Waals surface area contributed by atoms with Gasteiger partial charge in [-0.05, 0) is 37.6 Å².